The normalized spacial score (nSPS) is 10.1. The number of halogens is 1. The van der Waals surface area contributed by atoms with Crippen molar-refractivity contribution in [1.29, 1.82) is 0 Å². The van der Waals surface area contributed by atoms with Crippen LogP contribution in [0.15, 0.2) is 34.9 Å². The average Bonchev–Trinajstić information content (AvgIpc) is 2.68. The average molecular weight is 280 g/mol. The molecule has 0 saturated heterocycles. The zero-order valence-corrected chi connectivity index (χ0v) is 10.2. The molecule has 82 valence electrons. The fraction of sp³-hybridized carbons (Fsp3) is 0.0909. The van der Waals surface area contributed by atoms with Crippen molar-refractivity contribution in [3.63, 3.8) is 0 Å². The zero-order valence-electron chi connectivity index (χ0n) is 8.62. The van der Waals surface area contributed by atoms with Gasteiger partial charge in [-0.2, -0.15) is 0 Å². The Bertz CT molecular complexity index is 521. The maximum Gasteiger partial charge on any atom is 0.273 e. The number of aromatic nitrogens is 2. The van der Waals surface area contributed by atoms with Gasteiger partial charge in [0.2, 0.25) is 0 Å². The summed E-state index contributed by atoms with van der Waals surface area (Å²) in [5, 5.41) is 2.78. The molecule has 0 spiro atoms. The minimum absolute atomic E-state index is 0.201. The molecule has 16 heavy (non-hydrogen) atoms. The highest BCUT2D eigenvalue weighted by Crippen LogP contribution is 2.21. The van der Waals surface area contributed by atoms with E-state index in [1.54, 1.807) is 6.92 Å². The lowest BCUT2D eigenvalue weighted by Gasteiger charge is -2.05. The van der Waals surface area contributed by atoms with Crippen molar-refractivity contribution in [2.45, 2.75) is 6.92 Å². The van der Waals surface area contributed by atoms with E-state index in [2.05, 4.69) is 31.2 Å². The van der Waals surface area contributed by atoms with Gasteiger partial charge in [0.05, 0.1) is 11.9 Å². The zero-order chi connectivity index (χ0) is 11.5. The molecule has 0 atom stereocenters. The van der Waals surface area contributed by atoms with E-state index in [9.17, 15) is 4.79 Å². The Kier molecular flexibility index (Phi) is 3.05. The molecular weight excluding hydrogens is 270 g/mol. The number of carbonyl (C=O) groups excluding carboxylic acids is 1. The highest BCUT2D eigenvalue weighted by molar-refractivity contribution is 9.10. The fourth-order valence-electron chi connectivity index (χ4n) is 1.29. The van der Waals surface area contributed by atoms with Crippen molar-refractivity contribution in [2.75, 3.05) is 5.32 Å². The van der Waals surface area contributed by atoms with E-state index < -0.39 is 0 Å². The van der Waals surface area contributed by atoms with Crippen molar-refractivity contribution >= 4 is 27.5 Å². The maximum atomic E-state index is 11.8. The fourth-order valence-corrected chi connectivity index (χ4v) is 1.67. The lowest BCUT2D eigenvalue weighted by Crippen LogP contribution is -2.12. The number of nitrogens with one attached hydrogen (secondary N) is 2. The first-order chi connectivity index (χ1) is 7.66. The number of para-hydroxylation sites is 1. The number of aryl methyl sites for hydroxylation is 1. The van der Waals surface area contributed by atoms with Crippen molar-refractivity contribution in [3.8, 4) is 0 Å². The summed E-state index contributed by atoms with van der Waals surface area (Å²) in [7, 11) is 0. The van der Waals surface area contributed by atoms with Crippen LogP contribution in [0.2, 0.25) is 0 Å². The van der Waals surface area contributed by atoms with E-state index in [-0.39, 0.29) is 5.91 Å². The van der Waals surface area contributed by atoms with Crippen molar-refractivity contribution in [1.82, 2.24) is 9.97 Å². The number of carbonyl (C=O) groups is 1. The molecule has 0 saturated carbocycles. The largest absolute Gasteiger partial charge is 0.338 e. The van der Waals surface area contributed by atoms with Gasteiger partial charge >= 0.3 is 0 Å². The van der Waals surface area contributed by atoms with Crippen LogP contribution in [0.25, 0.3) is 0 Å². The maximum absolute atomic E-state index is 11.8. The quantitative estimate of drug-likeness (QED) is 0.888. The molecule has 0 fully saturated rings. The Labute approximate surface area is 101 Å². The number of aromatic amines is 1. The van der Waals surface area contributed by atoms with Gasteiger partial charge in [-0.15, -0.1) is 0 Å². The van der Waals surface area contributed by atoms with E-state index in [0.29, 0.717) is 5.69 Å². The Hall–Kier alpha value is -1.62. The summed E-state index contributed by atoms with van der Waals surface area (Å²) in [4.78, 5) is 18.6. The van der Waals surface area contributed by atoms with Gasteiger partial charge in [0.15, 0.2) is 0 Å². The molecule has 1 aromatic carbocycles. The molecule has 2 aromatic rings. The molecular formula is C11H10BrN3O. The Morgan fingerprint density at radius 3 is 2.81 bits per heavy atom. The molecule has 1 amide bonds. The highest BCUT2D eigenvalue weighted by atomic mass is 79.9. The summed E-state index contributed by atoms with van der Waals surface area (Å²) in [6.45, 7) is 1.80. The lowest BCUT2D eigenvalue weighted by atomic mass is 10.3. The number of anilines is 1. The van der Waals surface area contributed by atoms with E-state index >= 15 is 0 Å². The molecule has 5 heteroatoms. The third-order valence-electron chi connectivity index (χ3n) is 2.07. The molecule has 1 heterocycles. The number of H-pyrrole nitrogens is 1. The van der Waals surface area contributed by atoms with E-state index in [1.165, 1.54) is 6.20 Å². The number of imidazole rings is 1. The summed E-state index contributed by atoms with van der Waals surface area (Å²) >= 11 is 3.36. The molecule has 2 rings (SSSR count). The number of hydrogen-bond acceptors (Lipinski definition) is 2. The molecule has 0 aliphatic carbocycles. The van der Waals surface area contributed by atoms with Crippen molar-refractivity contribution in [3.05, 3.63) is 46.5 Å². The summed E-state index contributed by atoms with van der Waals surface area (Å²) < 4.78 is 0.847. The molecule has 0 aliphatic rings. The Morgan fingerprint density at radius 1 is 1.44 bits per heavy atom. The number of benzene rings is 1. The first-order valence-corrected chi connectivity index (χ1v) is 5.53. The van der Waals surface area contributed by atoms with Gasteiger partial charge in [0.25, 0.3) is 5.91 Å². The van der Waals surface area contributed by atoms with Crippen molar-refractivity contribution < 1.29 is 4.79 Å². The van der Waals surface area contributed by atoms with Gasteiger partial charge in [-0.3, -0.25) is 4.79 Å². The van der Waals surface area contributed by atoms with Crippen LogP contribution in [-0.4, -0.2) is 15.9 Å². The van der Waals surface area contributed by atoms with Crippen LogP contribution in [0.1, 0.15) is 16.3 Å². The van der Waals surface area contributed by atoms with Crippen molar-refractivity contribution in [2.24, 2.45) is 0 Å². The standard InChI is InChI=1S/C11H10BrN3O/c1-7-13-6-10(14-7)11(16)15-9-5-3-2-4-8(9)12/h2-6H,1H3,(H,13,14)(H,15,16). The minimum Gasteiger partial charge on any atom is -0.338 e. The second kappa shape index (κ2) is 4.49. The second-order valence-electron chi connectivity index (χ2n) is 3.32. The predicted molar refractivity (Wildman–Crippen MR) is 65.4 cm³/mol. The number of amides is 1. The Balaban J connectivity index is 2.17. The van der Waals surface area contributed by atoms with E-state index in [4.69, 9.17) is 0 Å². The van der Waals surface area contributed by atoms with E-state index in [0.717, 1.165) is 16.0 Å². The van der Waals surface area contributed by atoms with Gasteiger partial charge in [0.1, 0.15) is 11.5 Å². The lowest BCUT2D eigenvalue weighted by molar-refractivity contribution is 0.102. The first kappa shape index (κ1) is 10.9. The third kappa shape index (κ3) is 2.30. The minimum atomic E-state index is -0.201. The summed E-state index contributed by atoms with van der Waals surface area (Å²) in [5.74, 6) is 0.518. The summed E-state index contributed by atoms with van der Waals surface area (Å²) in [5.41, 5.74) is 1.19. The smallest absolute Gasteiger partial charge is 0.273 e. The van der Waals surface area contributed by atoms with Gasteiger partial charge < -0.3 is 10.3 Å². The summed E-state index contributed by atoms with van der Waals surface area (Å²) in [6.07, 6.45) is 1.52. The van der Waals surface area contributed by atoms with Gasteiger partial charge in [-0.1, -0.05) is 12.1 Å². The van der Waals surface area contributed by atoms with Crippen LogP contribution in [0.3, 0.4) is 0 Å². The van der Waals surface area contributed by atoms with Gasteiger partial charge in [-0.25, -0.2) is 4.98 Å². The monoisotopic (exact) mass is 279 g/mol. The van der Waals surface area contributed by atoms with E-state index in [1.807, 2.05) is 24.3 Å². The summed E-state index contributed by atoms with van der Waals surface area (Å²) in [6, 6.07) is 7.44. The first-order valence-electron chi connectivity index (χ1n) is 4.74. The third-order valence-corrected chi connectivity index (χ3v) is 2.76. The predicted octanol–water partition coefficient (Wildman–Crippen LogP) is 2.73. The molecule has 1 aromatic heterocycles. The van der Waals surface area contributed by atoms with Crippen LogP contribution < -0.4 is 5.32 Å². The van der Waals surface area contributed by atoms with Crippen LogP contribution in [-0.2, 0) is 0 Å². The molecule has 0 bridgehead atoms. The van der Waals surface area contributed by atoms with Gasteiger partial charge in [0, 0.05) is 4.47 Å². The number of hydrogen-bond donors (Lipinski definition) is 2. The molecule has 0 aliphatic heterocycles. The topological polar surface area (TPSA) is 57.8 Å². The second-order valence-corrected chi connectivity index (χ2v) is 4.17. The number of rotatable bonds is 2. The van der Waals surface area contributed by atoms with Crippen LogP contribution >= 0.6 is 15.9 Å². The molecule has 0 radical (unpaired) electrons. The SMILES string of the molecule is Cc1ncc(C(=O)Nc2ccccc2Br)[nH]1. The molecule has 0 unspecified atom stereocenters. The molecule has 2 N–H and O–H groups in total. The van der Waals surface area contributed by atoms with Crippen LogP contribution in [0, 0.1) is 6.92 Å². The Morgan fingerprint density at radius 2 is 2.19 bits per heavy atom. The number of nitrogens with zero attached hydrogens (tertiary/aromatic N) is 1. The molecule has 4 nitrogen and oxygen atoms in total. The highest BCUT2D eigenvalue weighted by Gasteiger charge is 2.09. The van der Waals surface area contributed by atoms with Crippen LogP contribution in [0.4, 0.5) is 5.69 Å². The van der Waals surface area contributed by atoms with Gasteiger partial charge in [-0.05, 0) is 35.0 Å². The van der Waals surface area contributed by atoms with Crippen LogP contribution in [0.5, 0.6) is 0 Å².